The van der Waals surface area contributed by atoms with Crippen LogP contribution in [0.5, 0.6) is 5.75 Å². The van der Waals surface area contributed by atoms with Crippen molar-refractivity contribution in [3.8, 4) is 5.75 Å². The summed E-state index contributed by atoms with van der Waals surface area (Å²) in [5.74, 6) is 0.595. The molecule has 0 fully saturated rings. The Kier molecular flexibility index (Phi) is 7.07. The van der Waals surface area contributed by atoms with Gasteiger partial charge in [-0.25, -0.2) is 4.98 Å². The number of benzene rings is 3. The van der Waals surface area contributed by atoms with Crippen molar-refractivity contribution < 1.29 is 14.3 Å². The summed E-state index contributed by atoms with van der Waals surface area (Å²) in [4.78, 5) is 30.6. The van der Waals surface area contributed by atoms with Gasteiger partial charge in [0.05, 0.1) is 29.9 Å². The van der Waals surface area contributed by atoms with Gasteiger partial charge in [-0.3, -0.25) is 9.59 Å². The predicted octanol–water partition coefficient (Wildman–Crippen LogP) is 5.44. The number of nitrogens with zero attached hydrogens (tertiary/aromatic N) is 2. The van der Waals surface area contributed by atoms with Gasteiger partial charge in [-0.2, -0.15) is 0 Å². The molecule has 4 aromatic rings. The van der Waals surface area contributed by atoms with Gasteiger partial charge in [0, 0.05) is 16.7 Å². The van der Waals surface area contributed by atoms with E-state index in [2.05, 4.69) is 10.6 Å². The molecule has 0 saturated carbocycles. The Labute approximate surface area is 209 Å². The minimum Gasteiger partial charge on any atom is -0.495 e. The third-order valence-electron chi connectivity index (χ3n) is 5.79. The van der Waals surface area contributed by atoms with Crippen molar-refractivity contribution >= 4 is 40.1 Å². The molecule has 0 aliphatic rings. The maximum Gasteiger partial charge on any atom is 0.251 e. The molecule has 1 atom stereocenters. The number of carbonyl (C=O) groups excluding carboxylic acids is 2. The molecule has 1 heterocycles. The highest BCUT2D eigenvalue weighted by Crippen LogP contribution is 2.31. The average Bonchev–Trinajstić information content (AvgIpc) is 3.20. The summed E-state index contributed by atoms with van der Waals surface area (Å²) >= 11 is 6.19. The first-order valence-corrected chi connectivity index (χ1v) is 11.6. The van der Waals surface area contributed by atoms with Crippen molar-refractivity contribution in [1.29, 1.82) is 0 Å². The molecule has 2 amide bonds. The van der Waals surface area contributed by atoms with Crippen molar-refractivity contribution in [2.45, 2.75) is 33.4 Å². The monoisotopic (exact) mass is 490 g/mol. The van der Waals surface area contributed by atoms with Gasteiger partial charge in [0.25, 0.3) is 5.91 Å². The number of aromatic nitrogens is 2. The van der Waals surface area contributed by atoms with Crippen LogP contribution >= 0.6 is 11.6 Å². The number of rotatable bonds is 7. The third-order valence-corrected chi connectivity index (χ3v) is 6.20. The summed E-state index contributed by atoms with van der Waals surface area (Å²) < 4.78 is 7.20. The Morgan fingerprint density at radius 1 is 1.09 bits per heavy atom. The Morgan fingerprint density at radius 2 is 1.80 bits per heavy atom. The van der Waals surface area contributed by atoms with Gasteiger partial charge >= 0.3 is 0 Å². The highest BCUT2D eigenvalue weighted by molar-refractivity contribution is 6.31. The summed E-state index contributed by atoms with van der Waals surface area (Å²) in [5.41, 5.74) is 4.54. The van der Waals surface area contributed by atoms with Gasteiger partial charge in [0.1, 0.15) is 18.1 Å². The summed E-state index contributed by atoms with van der Waals surface area (Å²) in [5, 5.41) is 6.47. The highest BCUT2D eigenvalue weighted by atomic mass is 35.5. The van der Waals surface area contributed by atoms with Gasteiger partial charge in [0.2, 0.25) is 5.91 Å². The van der Waals surface area contributed by atoms with E-state index >= 15 is 0 Å². The number of aryl methyl sites for hydroxylation is 2. The zero-order valence-electron chi connectivity index (χ0n) is 20.1. The van der Waals surface area contributed by atoms with Crippen molar-refractivity contribution in [3.63, 3.8) is 0 Å². The van der Waals surface area contributed by atoms with Crippen LogP contribution in [0.1, 0.15) is 40.3 Å². The lowest BCUT2D eigenvalue weighted by Crippen LogP contribution is -2.30. The highest BCUT2D eigenvalue weighted by Gasteiger charge is 2.21. The molecule has 2 N–H and O–H groups in total. The van der Waals surface area contributed by atoms with Crippen LogP contribution in [0.4, 0.5) is 5.69 Å². The topological polar surface area (TPSA) is 85.2 Å². The van der Waals surface area contributed by atoms with Crippen LogP contribution in [-0.4, -0.2) is 28.5 Å². The molecule has 8 heteroatoms. The summed E-state index contributed by atoms with van der Waals surface area (Å²) in [6.07, 6.45) is 0. The first kappa shape index (κ1) is 24.3. The maximum absolute atomic E-state index is 13.1. The molecule has 3 aromatic carbocycles. The maximum atomic E-state index is 13.1. The summed E-state index contributed by atoms with van der Waals surface area (Å²) in [7, 11) is 1.52. The lowest BCUT2D eigenvalue weighted by Gasteiger charge is -2.17. The Hall–Kier alpha value is -3.84. The minimum absolute atomic E-state index is 0.00537. The van der Waals surface area contributed by atoms with Crippen molar-refractivity contribution in [2.75, 3.05) is 12.4 Å². The predicted molar refractivity (Wildman–Crippen MR) is 138 cm³/mol. The molecule has 0 aliphatic heterocycles. The molecule has 180 valence electrons. The number of amides is 2. The average molecular weight is 491 g/mol. The van der Waals surface area contributed by atoms with Crippen LogP contribution in [0.15, 0.2) is 60.7 Å². The largest absolute Gasteiger partial charge is 0.495 e. The number of halogens is 1. The standard InChI is InChI=1S/C27H27ClN4O3/c1-16-9-11-19(12-10-16)27(34)29-18(3)26-31-21-7-5-6-8-23(21)32(26)15-25(33)30-22-13-17(2)20(28)14-24(22)35-4/h5-14,18H,15H2,1-4H3,(H,29,34)(H,30,33)/t18-/m1/s1. The van der Waals surface area contributed by atoms with E-state index in [1.807, 2.05) is 61.7 Å². The first-order valence-electron chi connectivity index (χ1n) is 11.2. The van der Waals surface area contributed by atoms with Crippen LogP contribution in [0, 0.1) is 13.8 Å². The second-order valence-electron chi connectivity index (χ2n) is 8.46. The van der Waals surface area contributed by atoms with Crippen LogP contribution in [0.2, 0.25) is 5.02 Å². The fourth-order valence-corrected chi connectivity index (χ4v) is 4.06. The van der Waals surface area contributed by atoms with E-state index in [0.29, 0.717) is 27.8 Å². The number of hydrogen-bond donors (Lipinski definition) is 2. The second-order valence-corrected chi connectivity index (χ2v) is 8.86. The van der Waals surface area contributed by atoms with Gasteiger partial charge in [-0.15, -0.1) is 0 Å². The Bertz CT molecular complexity index is 1400. The van der Waals surface area contributed by atoms with E-state index < -0.39 is 6.04 Å². The van der Waals surface area contributed by atoms with E-state index in [9.17, 15) is 9.59 Å². The minimum atomic E-state index is -0.434. The van der Waals surface area contributed by atoms with E-state index in [0.717, 1.165) is 22.2 Å². The number of ether oxygens (including phenoxy) is 1. The number of nitrogens with one attached hydrogen (secondary N) is 2. The molecular formula is C27H27ClN4O3. The van der Waals surface area contributed by atoms with E-state index in [-0.39, 0.29) is 18.4 Å². The fraction of sp³-hybridized carbons (Fsp3) is 0.222. The number of carbonyl (C=O) groups is 2. The molecular weight excluding hydrogens is 464 g/mol. The molecule has 1 aromatic heterocycles. The molecule has 0 saturated heterocycles. The number of imidazole rings is 1. The Morgan fingerprint density at radius 3 is 2.51 bits per heavy atom. The quantitative estimate of drug-likeness (QED) is 0.361. The molecule has 0 bridgehead atoms. The molecule has 0 aliphatic carbocycles. The zero-order valence-corrected chi connectivity index (χ0v) is 20.8. The molecule has 35 heavy (non-hydrogen) atoms. The molecule has 0 radical (unpaired) electrons. The number of hydrogen-bond acceptors (Lipinski definition) is 4. The van der Waals surface area contributed by atoms with Gasteiger partial charge in [-0.1, -0.05) is 41.4 Å². The van der Waals surface area contributed by atoms with E-state index in [1.165, 1.54) is 7.11 Å². The third kappa shape index (κ3) is 5.30. The van der Waals surface area contributed by atoms with Crippen LogP contribution < -0.4 is 15.4 Å². The molecule has 7 nitrogen and oxygen atoms in total. The van der Waals surface area contributed by atoms with Crippen LogP contribution in [0.3, 0.4) is 0 Å². The fourth-order valence-electron chi connectivity index (χ4n) is 3.90. The smallest absolute Gasteiger partial charge is 0.251 e. The lowest BCUT2D eigenvalue weighted by atomic mass is 10.1. The van der Waals surface area contributed by atoms with Crippen molar-refractivity contribution in [2.24, 2.45) is 0 Å². The summed E-state index contributed by atoms with van der Waals surface area (Å²) in [6.45, 7) is 5.69. The van der Waals surface area contributed by atoms with E-state index in [4.69, 9.17) is 21.3 Å². The number of para-hydroxylation sites is 2. The normalized spacial score (nSPS) is 11.8. The summed E-state index contributed by atoms with van der Waals surface area (Å²) in [6, 6.07) is 17.9. The van der Waals surface area contributed by atoms with Crippen molar-refractivity contribution in [3.05, 3.63) is 88.2 Å². The van der Waals surface area contributed by atoms with Gasteiger partial charge in [0.15, 0.2) is 0 Å². The van der Waals surface area contributed by atoms with Crippen LogP contribution in [-0.2, 0) is 11.3 Å². The Balaban J connectivity index is 1.60. The molecule has 0 unspecified atom stereocenters. The molecule has 0 spiro atoms. The molecule has 4 rings (SSSR count). The zero-order chi connectivity index (χ0) is 25.1. The first-order chi connectivity index (χ1) is 16.8. The van der Waals surface area contributed by atoms with Crippen molar-refractivity contribution in [1.82, 2.24) is 14.9 Å². The van der Waals surface area contributed by atoms with E-state index in [1.54, 1.807) is 24.3 Å². The second kappa shape index (κ2) is 10.2. The number of methoxy groups -OCH3 is 1. The van der Waals surface area contributed by atoms with Gasteiger partial charge < -0.3 is 19.9 Å². The SMILES string of the molecule is COc1cc(Cl)c(C)cc1NC(=O)Cn1c([C@@H](C)NC(=O)c2ccc(C)cc2)nc2ccccc21. The number of anilines is 1. The van der Waals surface area contributed by atoms with Crippen LogP contribution in [0.25, 0.3) is 11.0 Å². The number of fused-ring (bicyclic) bond motifs is 1. The van der Waals surface area contributed by atoms with Gasteiger partial charge in [-0.05, 0) is 56.7 Å². The lowest BCUT2D eigenvalue weighted by molar-refractivity contribution is -0.116.